The Hall–Kier alpha value is -3.95. The van der Waals surface area contributed by atoms with Crippen LogP contribution in [0.2, 0.25) is 0 Å². The Kier molecular flexibility index (Phi) is 11.0. The van der Waals surface area contributed by atoms with Gasteiger partial charge in [-0.2, -0.15) is 0 Å². The molecule has 6 aliphatic rings. The second-order valence-corrected chi connectivity index (χ2v) is 16.8. The van der Waals surface area contributed by atoms with Crippen molar-refractivity contribution in [3.8, 4) is 0 Å². The maximum absolute atomic E-state index is 13.1. The van der Waals surface area contributed by atoms with Gasteiger partial charge in [-0.3, -0.25) is 9.78 Å². The summed E-state index contributed by atoms with van der Waals surface area (Å²) in [6, 6.07) is 16.3. The van der Waals surface area contributed by atoms with Crippen LogP contribution in [0.1, 0.15) is 132 Å². The largest absolute Gasteiger partial charge is 0.465 e. The van der Waals surface area contributed by atoms with Gasteiger partial charge >= 0.3 is 5.97 Å². The number of carbonyl (C=O) groups is 2. The average molecular weight is 760 g/mol. The molecule has 0 N–H and O–H groups in total. The molecule has 2 saturated heterocycles. The summed E-state index contributed by atoms with van der Waals surface area (Å²) in [7, 11) is 1.43. The molecule has 8 nitrogen and oxygen atoms in total. The molecule has 2 aromatic carbocycles. The lowest BCUT2D eigenvalue weighted by atomic mass is 9.58. The van der Waals surface area contributed by atoms with Crippen LogP contribution in [0.3, 0.4) is 0 Å². The zero-order valence-electron chi connectivity index (χ0n) is 33.6. The van der Waals surface area contributed by atoms with Crippen LogP contribution in [0.5, 0.6) is 0 Å². The molecule has 3 aromatic rings. The standard InChI is InChI=1S/C27H31NO3.C21H26O4/c1-3-26-11-12-27(30-14-15-31-27)18-23(26)8-4-6-21-16-22(9-10-24(21)26)25(29)17-20-7-5-13-28-19(20)2;1-3-20-9-10-21(24-11-12-25-21)14-17(20)6-4-5-15-13-16(19(22)23-2)7-8-18(15)20/h4-7,9-10,13,16,23H,3,8,11-12,14-15,17-18H2,1-2H3;4-5,7-8,13,17H,3,6,9-12,14H2,1-2H3/t23-,26+;17-,20+/m00/s1. The Morgan fingerprint density at radius 3 is 1.75 bits per heavy atom. The van der Waals surface area contributed by atoms with Crippen LogP contribution in [-0.4, -0.2) is 61.8 Å². The van der Waals surface area contributed by atoms with Crippen LogP contribution in [0.25, 0.3) is 12.2 Å². The third-order valence-electron chi connectivity index (χ3n) is 14.3. The van der Waals surface area contributed by atoms with Crippen molar-refractivity contribution in [3.05, 3.63) is 112 Å². The Bertz CT molecular complexity index is 2010. The van der Waals surface area contributed by atoms with E-state index in [1.54, 1.807) is 6.20 Å². The van der Waals surface area contributed by atoms with E-state index >= 15 is 0 Å². The van der Waals surface area contributed by atoms with E-state index in [0.29, 0.717) is 50.2 Å². The molecule has 3 heterocycles. The maximum atomic E-state index is 13.1. The highest BCUT2D eigenvalue weighted by Crippen LogP contribution is 2.56. The van der Waals surface area contributed by atoms with Crippen LogP contribution in [0, 0.1) is 18.8 Å². The summed E-state index contributed by atoms with van der Waals surface area (Å²) in [5, 5.41) is 0. The van der Waals surface area contributed by atoms with Gasteiger partial charge in [-0.15, -0.1) is 0 Å². The normalized spacial score (nSPS) is 27.9. The number of fused-ring (bicyclic) bond motifs is 6. The fraction of sp³-hybridized carbons (Fsp3) is 0.521. The number of nitrogens with zero attached hydrogens (tertiary/aromatic N) is 1. The fourth-order valence-electron chi connectivity index (χ4n) is 11.2. The highest BCUT2D eigenvalue weighted by atomic mass is 16.7. The first-order chi connectivity index (χ1) is 27.2. The number of methoxy groups -OCH3 is 1. The van der Waals surface area contributed by atoms with Crippen molar-refractivity contribution < 1.29 is 33.3 Å². The van der Waals surface area contributed by atoms with E-state index in [9.17, 15) is 9.59 Å². The second-order valence-electron chi connectivity index (χ2n) is 16.8. The molecule has 2 spiro atoms. The van der Waals surface area contributed by atoms with E-state index in [1.165, 1.54) is 23.8 Å². The Morgan fingerprint density at radius 2 is 1.25 bits per heavy atom. The van der Waals surface area contributed by atoms with Crippen molar-refractivity contribution in [2.24, 2.45) is 11.8 Å². The smallest absolute Gasteiger partial charge is 0.337 e. The lowest BCUT2D eigenvalue weighted by Gasteiger charge is -2.49. The summed E-state index contributed by atoms with van der Waals surface area (Å²) in [4.78, 5) is 29.3. The topological polar surface area (TPSA) is 93.2 Å². The summed E-state index contributed by atoms with van der Waals surface area (Å²) < 4.78 is 29.0. The molecule has 296 valence electrons. The number of aryl methyl sites for hydroxylation is 1. The number of rotatable bonds is 6. The van der Waals surface area contributed by atoms with Crippen LogP contribution in [0.15, 0.2) is 66.9 Å². The van der Waals surface area contributed by atoms with E-state index in [2.05, 4.69) is 61.3 Å². The first-order valence-electron chi connectivity index (χ1n) is 20.9. The number of benzene rings is 2. The van der Waals surface area contributed by atoms with Crippen molar-refractivity contribution in [2.75, 3.05) is 33.5 Å². The molecule has 4 aliphatic carbocycles. The second kappa shape index (κ2) is 15.8. The molecule has 1 aromatic heterocycles. The van der Waals surface area contributed by atoms with Crippen LogP contribution >= 0.6 is 0 Å². The summed E-state index contributed by atoms with van der Waals surface area (Å²) >= 11 is 0. The van der Waals surface area contributed by atoms with Gasteiger partial charge < -0.3 is 23.7 Å². The molecular formula is C48H57NO7. The van der Waals surface area contributed by atoms with Gasteiger partial charge in [-0.1, -0.05) is 62.4 Å². The molecule has 0 radical (unpaired) electrons. The number of pyridine rings is 1. The molecule has 56 heavy (non-hydrogen) atoms. The summed E-state index contributed by atoms with van der Waals surface area (Å²) in [5.41, 5.74) is 8.64. The number of ketones is 1. The molecule has 9 rings (SSSR count). The van der Waals surface area contributed by atoms with Crippen LogP contribution < -0.4 is 0 Å². The van der Waals surface area contributed by atoms with Crippen molar-refractivity contribution >= 4 is 23.9 Å². The van der Waals surface area contributed by atoms with Gasteiger partial charge in [0.25, 0.3) is 0 Å². The third kappa shape index (κ3) is 7.01. The molecule has 8 heteroatoms. The molecule has 4 fully saturated rings. The predicted octanol–water partition coefficient (Wildman–Crippen LogP) is 9.50. The first kappa shape index (κ1) is 38.9. The third-order valence-corrected chi connectivity index (χ3v) is 14.3. The molecule has 4 atom stereocenters. The quantitative estimate of drug-likeness (QED) is 0.181. The lowest BCUT2D eigenvalue weighted by Crippen LogP contribution is -2.48. The van der Waals surface area contributed by atoms with Crippen molar-refractivity contribution in [2.45, 2.75) is 114 Å². The minimum Gasteiger partial charge on any atom is -0.465 e. The summed E-state index contributed by atoms with van der Waals surface area (Å²) in [6.45, 7) is 9.38. The van der Waals surface area contributed by atoms with Gasteiger partial charge in [0.05, 0.1) is 39.1 Å². The number of hydrogen-bond acceptors (Lipinski definition) is 8. The highest BCUT2D eigenvalue weighted by Gasteiger charge is 2.54. The summed E-state index contributed by atoms with van der Waals surface area (Å²) in [5.74, 6) is 0.103. The fourth-order valence-corrected chi connectivity index (χ4v) is 11.2. The molecular weight excluding hydrogens is 703 g/mol. The molecule has 0 bridgehead atoms. The van der Waals surface area contributed by atoms with E-state index in [0.717, 1.165) is 86.6 Å². The van der Waals surface area contributed by atoms with E-state index in [4.69, 9.17) is 23.7 Å². The Morgan fingerprint density at radius 1 is 0.732 bits per heavy atom. The summed E-state index contributed by atoms with van der Waals surface area (Å²) in [6.07, 6.45) is 21.2. The zero-order valence-corrected chi connectivity index (χ0v) is 33.6. The van der Waals surface area contributed by atoms with Crippen LogP contribution in [-0.2, 0) is 40.9 Å². The van der Waals surface area contributed by atoms with Crippen LogP contribution in [0.4, 0.5) is 0 Å². The number of hydrogen-bond donors (Lipinski definition) is 0. The van der Waals surface area contributed by atoms with Gasteiger partial charge in [0, 0.05) is 49.6 Å². The number of aromatic nitrogens is 1. The number of carbonyl (C=O) groups excluding carboxylic acids is 2. The molecule has 2 aliphatic heterocycles. The molecule has 2 saturated carbocycles. The molecule has 0 unspecified atom stereocenters. The monoisotopic (exact) mass is 759 g/mol. The van der Waals surface area contributed by atoms with E-state index in [-0.39, 0.29) is 34.2 Å². The number of Topliss-reactive ketones (excluding diaryl/α,β-unsaturated/α-hetero) is 1. The van der Waals surface area contributed by atoms with Gasteiger partial charge in [0.2, 0.25) is 0 Å². The minimum atomic E-state index is -0.376. The Labute approximate surface area is 332 Å². The zero-order chi connectivity index (χ0) is 39.0. The van der Waals surface area contributed by atoms with Crippen molar-refractivity contribution in [3.63, 3.8) is 0 Å². The van der Waals surface area contributed by atoms with Gasteiger partial charge in [0.15, 0.2) is 17.4 Å². The van der Waals surface area contributed by atoms with Gasteiger partial charge in [-0.25, -0.2) is 4.79 Å². The van der Waals surface area contributed by atoms with Crippen molar-refractivity contribution in [1.82, 2.24) is 4.98 Å². The maximum Gasteiger partial charge on any atom is 0.337 e. The lowest BCUT2D eigenvalue weighted by molar-refractivity contribution is -0.199. The van der Waals surface area contributed by atoms with Gasteiger partial charge in [0.1, 0.15) is 0 Å². The molecule has 0 amide bonds. The number of allylic oxidation sites excluding steroid dienone is 2. The number of ether oxygens (including phenoxy) is 5. The van der Waals surface area contributed by atoms with Crippen molar-refractivity contribution in [1.29, 1.82) is 0 Å². The Balaban J connectivity index is 0.000000161. The van der Waals surface area contributed by atoms with E-state index < -0.39 is 0 Å². The number of esters is 1. The highest BCUT2D eigenvalue weighted by molar-refractivity contribution is 5.98. The predicted molar refractivity (Wildman–Crippen MR) is 216 cm³/mol. The van der Waals surface area contributed by atoms with E-state index in [1.807, 2.05) is 37.3 Å². The average Bonchev–Trinajstić information content (AvgIpc) is 3.81. The first-order valence-corrected chi connectivity index (χ1v) is 20.9. The minimum absolute atomic E-state index is 0.112. The van der Waals surface area contributed by atoms with Gasteiger partial charge in [-0.05, 0) is 120 Å². The SMILES string of the molecule is CC[C@@]12CCC3(C[C@@H]1CC=Cc1cc(C(=O)Cc4cccnc4C)ccc12)OCCO3.CC[C@@]12CCC3(C[C@@H]1CC=Cc1cc(C(=O)OC)ccc12)OCCO3.